The summed E-state index contributed by atoms with van der Waals surface area (Å²) >= 11 is 3.61. The fraction of sp³-hybridized carbons (Fsp3) is 0.533. The minimum Gasteiger partial charge on any atom is -0.481 e. The van der Waals surface area contributed by atoms with Crippen LogP contribution in [0.5, 0.6) is 0 Å². The Morgan fingerprint density at radius 1 is 1.53 bits per heavy atom. The second-order valence-corrected chi connectivity index (χ2v) is 6.72. The first-order valence-corrected chi connectivity index (χ1v) is 7.42. The molecule has 19 heavy (non-hydrogen) atoms. The molecule has 1 fully saturated rings. The van der Waals surface area contributed by atoms with Gasteiger partial charge >= 0.3 is 5.97 Å². The molecular weight excluding hydrogens is 306 g/mol. The monoisotopic (exact) mass is 325 g/mol. The number of piperidine rings is 1. The van der Waals surface area contributed by atoms with Gasteiger partial charge in [-0.3, -0.25) is 4.79 Å². The molecule has 1 saturated heterocycles. The first-order valence-electron chi connectivity index (χ1n) is 6.63. The van der Waals surface area contributed by atoms with Crippen LogP contribution in [0.3, 0.4) is 0 Å². The van der Waals surface area contributed by atoms with Gasteiger partial charge in [0, 0.05) is 17.6 Å². The maximum absolute atomic E-state index is 11.0. The van der Waals surface area contributed by atoms with Crippen LogP contribution < -0.4 is 4.90 Å². The largest absolute Gasteiger partial charge is 0.481 e. The Hall–Kier alpha value is -1.03. The number of benzene rings is 1. The first-order chi connectivity index (χ1) is 8.89. The Morgan fingerprint density at radius 2 is 2.26 bits per heavy atom. The van der Waals surface area contributed by atoms with Crippen molar-refractivity contribution in [2.75, 3.05) is 18.0 Å². The molecule has 0 bridgehead atoms. The number of halogens is 1. The summed E-state index contributed by atoms with van der Waals surface area (Å²) in [5.41, 5.74) is 2.26. The van der Waals surface area contributed by atoms with E-state index in [-0.39, 0.29) is 11.8 Å². The third kappa shape index (κ3) is 3.50. The van der Waals surface area contributed by atoms with Crippen LogP contribution in [0.1, 0.15) is 31.7 Å². The lowest BCUT2D eigenvalue weighted by Crippen LogP contribution is -2.43. The van der Waals surface area contributed by atoms with Gasteiger partial charge in [-0.15, -0.1) is 0 Å². The Kier molecular flexibility index (Phi) is 4.19. The number of rotatable bonds is 3. The summed E-state index contributed by atoms with van der Waals surface area (Å²) in [5, 5.41) is 9.05. The van der Waals surface area contributed by atoms with Crippen molar-refractivity contribution in [3.63, 3.8) is 0 Å². The maximum atomic E-state index is 11.0. The van der Waals surface area contributed by atoms with Gasteiger partial charge in [0.2, 0.25) is 0 Å². The Bertz CT molecular complexity index is 489. The smallest absolute Gasteiger partial charge is 0.303 e. The van der Waals surface area contributed by atoms with Gasteiger partial charge in [0.05, 0.1) is 12.1 Å². The number of anilines is 1. The number of hydrogen-bond donors (Lipinski definition) is 1. The molecule has 1 N–H and O–H groups in total. The van der Waals surface area contributed by atoms with Crippen molar-refractivity contribution in [2.24, 2.45) is 5.41 Å². The van der Waals surface area contributed by atoms with Gasteiger partial charge < -0.3 is 10.0 Å². The van der Waals surface area contributed by atoms with E-state index >= 15 is 0 Å². The molecule has 0 radical (unpaired) electrons. The number of hydrogen-bond acceptors (Lipinski definition) is 2. The summed E-state index contributed by atoms with van der Waals surface area (Å²) in [7, 11) is 0. The fourth-order valence-electron chi connectivity index (χ4n) is 2.90. The summed E-state index contributed by atoms with van der Waals surface area (Å²) in [6, 6.07) is 6.33. The molecule has 3 nitrogen and oxygen atoms in total. The summed E-state index contributed by atoms with van der Waals surface area (Å²) < 4.78 is 1.09. The minimum absolute atomic E-state index is 0.131. The molecule has 1 aliphatic rings. The molecule has 0 spiro atoms. The van der Waals surface area contributed by atoms with Gasteiger partial charge in [-0.2, -0.15) is 0 Å². The van der Waals surface area contributed by atoms with Crippen molar-refractivity contribution in [3.05, 3.63) is 28.2 Å². The average Bonchev–Trinajstić information content (AvgIpc) is 2.26. The lowest BCUT2D eigenvalue weighted by molar-refractivity contribution is -0.139. The van der Waals surface area contributed by atoms with Crippen molar-refractivity contribution < 1.29 is 9.90 Å². The molecule has 1 heterocycles. The van der Waals surface area contributed by atoms with Crippen molar-refractivity contribution in [3.8, 4) is 0 Å². The molecular formula is C15H20BrNO2. The van der Waals surface area contributed by atoms with Gasteiger partial charge in [0.1, 0.15) is 0 Å². The highest BCUT2D eigenvalue weighted by atomic mass is 79.9. The van der Waals surface area contributed by atoms with Crippen molar-refractivity contribution in [1.29, 1.82) is 0 Å². The van der Waals surface area contributed by atoms with Crippen molar-refractivity contribution in [2.45, 2.75) is 33.1 Å². The topological polar surface area (TPSA) is 40.5 Å². The molecule has 1 aromatic carbocycles. The lowest BCUT2D eigenvalue weighted by atomic mass is 9.79. The molecule has 2 rings (SSSR count). The van der Waals surface area contributed by atoms with E-state index in [2.05, 4.69) is 52.9 Å². The predicted molar refractivity (Wildman–Crippen MR) is 80.7 cm³/mol. The second kappa shape index (κ2) is 5.53. The summed E-state index contributed by atoms with van der Waals surface area (Å²) in [6.45, 7) is 5.95. The van der Waals surface area contributed by atoms with Gasteiger partial charge in [0.15, 0.2) is 0 Å². The Balaban J connectivity index is 2.19. The van der Waals surface area contributed by atoms with Crippen molar-refractivity contribution in [1.82, 2.24) is 0 Å². The van der Waals surface area contributed by atoms with Crippen LogP contribution in [0.4, 0.5) is 5.69 Å². The number of carboxylic acid groups (broad SMARTS) is 1. The molecule has 0 aliphatic carbocycles. The van der Waals surface area contributed by atoms with Crippen molar-refractivity contribution >= 4 is 27.6 Å². The number of carboxylic acids is 1. The molecule has 1 unspecified atom stereocenters. The zero-order chi connectivity index (χ0) is 14.0. The summed E-state index contributed by atoms with van der Waals surface area (Å²) in [4.78, 5) is 13.3. The molecule has 4 heteroatoms. The highest BCUT2D eigenvalue weighted by Gasteiger charge is 2.33. The number of aryl methyl sites for hydroxylation is 1. The van der Waals surface area contributed by atoms with Crippen LogP contribution in [0.25, 0.3) is 0 Å². The molecule has 1 aliphatic heterocycles. The molecule has 1 aromatic rings. The van der Waals surface area contributed by atoms with Gasteiger partial charge in [0.25, 0.3) is 0 Å². The third-order valence-corrected chi connectivity index (χ3v) is 4.44. The van der Waals surface area contributed by atoms with Crippen LogP contribution in [0, 0.1) is 12.3 Å². The van der Waals surface area contributed by atoms with Gasteiger partial charge in [-0.25, -0.2) is 0 Å². The van der Waals surface area contributed by atoms with Crippen LogP contribution in [-0.4, -0.2) is 24.2 Å². The van der Waals surface area contributed by atoms with E-state index in [1.165, 1.54) is 11.3 Å². The van der Waals surface area contributed by atoms with E-state index in [0.29, 0.717) is 0 Å². The standard InChI is InChI=1S/C15H20BrNO2/c1-11-4-5-13(12(16)8-11)17-7-3-6-15(2,10-17)9-14(18)19/h4-5,8H,3,6-7,9-10H2,1-2H3,(H,18,19). The van der Waals surface area contributed by atoms with E-state index in [9.17, 15) is 4.79 Å². The first kappa shape index (κ1) is 14.4. The normalized spacial score (nSPS) is 23.4. The molecule has 0 amide bonds. The van der Waals surface area contributed by atoms with E-state index in [0.717, 1.165) is 30.4 Å². The zero-order valence-corrected chi connectivity index (χ0v) is 13.0. The Labute approximate surface area is 122 Å². The maximum Gasteiger partial charge on any atom is 0.303 e. The second-order valence-electron chi connectivity index (χ2n) is 5.86. The number of aliphatic carboxylic acids is 1. The number of carbonyl (C=O) groups is 1. The summed E-state index contributed by atoms with van der Waals surface area (Å²) in [5.74, 6) is -0.702. The molecule has 1 atom stereocenters. The van der Waals surface area contributed by atoms with E-state index in [4.69, 9.17) is 5.11 Å². The van der Waals surface area contributed by atoms with E-state index in [1.54, 1.807) is 0 Å². The van der Waals surface area contributed by atoms with Gasteiger partial charge in [-0.1, -0.05) is 13.0 Å². The zero-order valence-electron chi connectivity index (χ0n) is 11.4. The SMILES string of the molecule is Cc1ccc(N2CCCC(C)(CC(=O)O)C2)c(Br)c1. The molecule has 0 saturated carbocycles. The van der Waals surface area contributed by atoms with E-state index < -0.39 is 5.97 Å². The third-order valence-electron chi connectivity index (χ3n) is 3.80. The highest BCUT2D eigenvalue weighted by Crippen LogP contribution is 2.37. The fourth-order valence-corrected chi connectivity index (χ4v) is 3.64. The minimum atomic E-state index is -0.702. The molecule has 0 aromatic heterocycles. The highest BCUT2D eigenvalue weighted by molar-refractivity contribution is 9.10. The van der Waals surface area contributed by atoms with Crippen LogP contribution in [0.2, 0.25) is 0 Å². The van der Waals surface area contributed by atoms with Crippen LogP contribution in [-0.2, 0) is 4.79 Å². The quantitative estimate of drug-likeness (QED) is 0.917. The summed E-state index contributed by atoms with van der Waals surface area (Å²) in [6.07, 6.45) is 2.27. The molecule has 104 valence electrons. The van der Waals surface area contributed by atoms with Gasteiger partial charge in [-0.05, 0) is 58.8 Å². The van der Waals surface area contributed by atoms with E-state index in [1.807, 2.05) is 0 Å². The number of nitrogens with zero attached hydrogens (tertiary/aromatic N) is 1. The average molecular weight is 326 g/mol. The van der Waals surface area contributed by atoms with Crippen LogP contribution in [0.15, 0.2) is 22.7 Å². The van der Waals surface area contributed by atoms with Crippen LogP contribution >= 0.6 is 15.9 Å². The lowest BCUT2D eigenvalue weighted by Gasteiger charge is -2.41. The predicted octanol–water partition coefficient (Wildman–Crippen LogP) is 3.84. The Morgan fingerprint density at radius 3 is 2.89 bits per heavy atom.